The Morgan fingerprint density at radius 1 is 1.38 bits per heavy atom. The summed E-state index contributed by atoms with van der Waals surface area (Å²) in [4.78, 5) is 12.1. The second-order valence-corrected chi connectivity index (χ2v) is 3.44. The number of anilines is 1. The van der Waals surface area contributed by atoms with Gasteiger partial charge in [0, 0.05) is 25.0 Å². The molecule has 0 radical (unpaired) electrons. The van der Waals surface area contributed by atoms with Crippen molar-refractivity contribution in [2.24, 2.45) is 0 Å². The van der Waals surface area contributed by atoms with Crippen molar-refractivity contribution in [3.05, 3.63) is 36.0 Å². The van der Waals surface area contributed by atoms with E-state index >= 15 is 0 Å². The summed E-state index contributed by atoms with van der Waals surface area (Å²) in [6.07, 6.45) is 0. The van der Waals surface area contributed by atoms with E-state index in [0.717, 1.165) is 29.2 Å². The summed E-state index contributed by atoms with van der Waals surface area (Å²) < 4.78 is 0. The number of nitrogens with one attached hydrogen (secondary N) is 1. The van der Waals surface area contributed by atoms with Gasteiger partial charge in [0.2, 0.25) is 5.52 Å². The third kappa shape index (κ3) is 3.24. The van der Waals surface area contributed by atoms with E-state index in [2.05, 4.69) is 4.98 Å². The SMILES string of the molecule is CC(=O)[O-].Cc1cc(N)c2ccccc2[nH+]1. The molecule has 0 saturated heterocycles. The van der Waals surface area contributed by atoms with E-state index in [9.17, 15) is 0 Å². The summed E-state index contributed by atoms with van der Waals surface area (Å²) in [5, 5.41) is 9.98. The fourth-order valence-corrected chi connectivity index (χ4v) is 1.40. The van der Waals surface area contributed by atoms with Crippen molar-refractivity contribution >= 4 is 22.6 Å². The summed E-state index contributed by atoms with van der Waals surface area (Å²) in [6.45, 7) is 2.97. The number of nitrogen functional groups attached to an aromatic ring is 1. The zero-order valence-corrected chi connectivity index (χ0v) is 9.28. The molecule has 0 amide bonds. The Hall–Kier alpha value is -2.10. The number of nitrogens with two attached hydrogens (primary N) is 1. The fraction of sp³-hybridized carbons (Fsp3) is 0.167. The minimum atomic E-state index is -1.08. The minimum absolute atomic E-state index is 0.835. The number of benzene rings is 1. The normalized spacial score (nSPS) is 9.38. The first-order chi connectivity index (χ1) is 7.50. The zero-order chi connectivity index (χ0) is 12.1. The van der Waals surface area contributed by atoms with Gasteiger partial charge in [-0.15, -0.1) is 0 Å². The van der Waals surface area contributed by atoms with Gasteiger partial charge >= 0.3 is 0 Å². The van der Waals surface area contributed by atoms with E-state index in [-0.39, 0.29) is 0 Å². The number of carboxylic acids is 1. The van der Waals surface area contributed by atoms with Gasteiger partial charge in [0.25, 0.3) is 0 Å². The Morgan fingerprint density at radius 3 is 2.56 bits per heavy atom. The quantitative estimate of drug-likeness (QED) is 0.690. The molecule has 0 aliphatic heterocycles. The van der Waals surface area contributed by atoms with Crippen LogP contribution in [0.4, 0.5) is 5.69 Å². The van der Waals surface area contributed by atoms with Crippen LogP contribution < -0.4 is 15.8 Å². The van der Waals surface area contributed by atoms with Gasteiger partial charge in [-0.05, 0) is 13.0 Å². The molecule has 0 atom stereocenters. The fourth-order valence-electron chi connectivity index (χ4n) is 1.40. The van der Waals surface area contributed by atoms with Crippen LogP contribution in [0.3, 0.4) is 0 Å². The first-order valence-corrected chi connectivity index (χ1v) is 4.85. The Kier molecular flexibility index (Phi) is 3.83. The number of H-pyrrole nitrogens is 1. The number of hydrogen-bond acceptors (Lipinski definition) is 3. The highest BCUT2D eigenvalue weighted by Crippen LogP contribution is 2.16. The lowest BCUT2D eigenvalue weighted by molar-refractivity contribution is -0.354. The lowest BCUT2D eigenvalue weighted by Crippen LogP contribution is -2.16. The maximum Gasteiger partial charge on any atom is 0.213 e. The maximum atomic E-state index is 8.89. The van der Waals surface area contributed by atoms with Gasteiger partial charge < -0.3 is 15.6 Å². The Balaban J connectivity index is 0.000000280. The number of aromatic nitrogens is 1. The third-order valence-electron chi connectivity index (χ3n) is 1.94. The van der Waals surface area contributed by atoms with E-state index in [0.29, 0.717) is 0 Å². The second-order valence-electron chi connectivity index (χ2n) is 3.44. The van der Waals surface area contributed by atoms with Gasteiger partial charge in [0.15, 0.2) is 5.69 Å². The summed E-state index contributed by atoms with van der Waals surface area (Å²) in [6, 6.07) is 9.97. The molecule has 4 heteroatoms. The minimum Gasteiger partial charge on any atom is -0.550 e. The molecule has 4 nitrogen and oxygen atoms in total. The molecule has 0 saturated carbocycles. The molecule has 2 rings (SSSR count). The average Bonchev–Trinajstić information content (AvgIpc) is 2.16. The Labute approximate surface area is 93.7 Å². The van der Waals surface area contributed by atoms with Gasteiger partial charge in [0.1, 0.15) is 0 Å². The number of carboxylic acid groups (broad SMARTS) is 1. The molecule has 3 N–H and O–H groups in total. The van der Waals surface area contributed by atoms with Crippen LogP contribution in [0.25, 0.3) is 10.9 Å². The molecule has 84 valence electrons. The molecule has 0 spiro atoms. The number of rotatable bonds is 0. The van der Waals surface area contributed by atoms with Crippen LogP contribution >= 0.6 is 0 Å². The zero-order valence-electron chi connectivity index (χ0n) is 9.28. The van der Waals surface area contributed by atoms with E-state index in [1.54, 1.807) is 0 Å². The van der Waals surface area contributed by atoms with Crippen LogP contribution in [0.2, 0.25) is 0 Å². The standard InChI is InChI=1S/C10H10N2.C2H4O2/c1-7-6-9(11)8-4-2-3-5-10(8)12-7;1-2(3)4/h2-6H,1H3,(H2,11,12);1H3,(H,3,4). The van der Waals surface area contributed by atoms with Crippen LogP contribution in [0.15, 0.2) is 30.3 Å². The van der Waals surface area contributed by atoms with E-state index in [1.807, 2.05) is 37.3 Å². The number of carbonyl (C=O) groups excluding carboxylic acids is 1. The summed E-state index contributed by atoms with van der Waals surface area (Å²) >= 11 is 0. The van der Waals surface area contributed by atoms with Crippen molar-refractivity contribution in [2.75, 3.05) is 5.73 Å². The highest BCUT2D eigenvalue weighted by atomic mass is 16.4. The molecular weight excluding hydrogens is 204 g/mol. The molecule has 2 aromatic rings. The lowest BCUT2D eigenvalue weighted by atomic mass is 10.2. The number of aryl methyl sites for hydroxylation is 1. The van der Waals surface area contributed by atoms with Crippen molar-refractivity contribution in [3.8, 4) is 0 Å². The van der Waals surface area contributed by atoms with Crippen LogP contribution in [0.5, 0.6) is 0 Å². The Morgan fingerprint density at radius 2 is 1.94 bits per heavy atom. The van der Waals surface area contributed by atoms with Crippen LogP contribution in [-0.2, 0) is 4.79 Å². The maximum absolute atomic E-state index is 8.89. The Bertz CT molecular complexity index is 505. The second kappa shape index (κ2) is 5.11. The number of para-hydroxylation sites is 1. The smallest absolute Gasteiger partial charge is 0.213 e. The van der Waals surface area contributed by atoms with Crippen LogP contribution in [-0.4, -0.2) is 5.97 Å². The van der Waals surface area contributed by atoms with Crippen molar-refractivity contribution in [2.45, 2.75) is 13.8 Å². The molecule has 0 unspecified atom stereocenters. The van der Waals surface area contributed by atoms with Gasteiger partial charge in [-0.2, -0.15) is 0 Å². The number of pyridine rings is 1. The van der Waals surface area contributed by atoms with Gasteiger partial charge in [0.05, 0.1) is 11.1 Å². The predicted molar refractivity (Wildman–Crippen MR) is 60.3 cm³/mol. The average molecular weight is 218 g/mol. The largest absolute Gasteiger partial charge is 0.550 e. The van der Waals surface area contributed by atoms with Gasteiger partial charge in [-0.1, -0.05) is 12.1 Å². The summed E-state index contributed by atoms with van der Waals surface area (Å²) in [5.41, 5.74) is 8.85. The van der Waals surface area contributed by atoms with Gasteiger partial charge in [-0.3, -0.25) is 0 Å². The number of hydrogen-bond donors (Lipinski definition) is 1. The van der Waals surface area contributed by atoms with Crippen molar-refractivity contribution in [1.29, 1.82) is 0 Å². The molecule has 1 aromatic heterocycles. The molecule has 0 bridgehead atoms. The van der Waals surface area contributed by atoms with Gasteiger partial charge in [-0.25, -0.2) is 4.98 Å². The molecule has 1 aromatic carbocycles. The topological polar surface area (TPSA) is 80.3 Å². The lowest BCUT2D eigenvalue weighted by Gasteiger charge is -1.96. The summed E-state index contributed by atoms with van der Waals surface area (Å²) in [7, 11) is 0. The highest BCUT2D eigenvalue weighted by molar-refractivity contribution is 5.87. The van der Waals surface area contributed by atoms with Crippen molar-refractivity contribution < 1.29 is 14.9 Å². The molecule has 16 heavy (non-hydrogen) atoms. The molecule has 0 aliphatic rings. The first kappa shape index (κ1) is 12.0. The molecule has 1 heterocycles. The first-order valence-electron chi connectivity index (χ1n) is 4.85. The van der Waals surface area contributed by atoms with E-state index in [4.69, 9.17) is 15.6 Å². The monoisotopic (exact) mass is 218 g/mol. The highest BCUT2D eigenvalue weighted by Gasteiger charge is 2.04. The van der Waals surface area contributed by atoms with Crippen LogP contribution in [0.1, 0.15) is 12.6 Å². The number of carbonyl (C=O) groups is 1. The van der Waals surface area contributed by atoms with Crippen molar-refractivity contribution in [1.82, 2.24) is 0 Å². The summed E-state index contributed by atoms with van der Waals surface area (Å²) in [5.74, 6) is -1.08. The van der Waals surface area contributed by atoms with E-state index in [1.165, 1.54) is 0 Å². The molecule has 0 aliphatic carbocycles. The predicted octanol–water partition coefficient (Wildman–Crippen LogP) is 0.301. The third-order valence-corrected chi connectivity index (χ3v) is 1.94. The molecule has 0 fully saturated rings. The van der Waals surface area contributed by atoms with E-state index < -0.39 is 5.97 Å². The van der Waals surface area contributed by atoms with Crippen LogP contribution in [0, 0.1) is 6.92 Å². The number of fused-ring (bicyclic) bond motifs is 1. The van der Waals surface area contributed by atoms with Crippen molar-refractivity contribution in [3.63, 3.8) is 0 Å². The number of aliphatic carboxylic acids is 1. The number of aromatic amines is 1. The molecular formula is C12H14N2O2.